The summed E-state index contributed by atoms with van der Waals surface area (Å²) in [6, 6.07) is 6.97. The van der Waals surface area contributed by atoms with Gasteiger partial charge in [-0.05, 0) is 50.3 Å². The van der Waals surface area contributed by atoms with Crippen LogP contribution in [0.5, 0.6) is 0 Å². The molecule has 1 amide bonds. The minimum Gasteiger partial charge on any atom is -0.342 e. The molecule has 2 fully saturated rings. The summed E-state index contributed by atoms with van der Waals surface area (Å²) in [5.41, 5.74) is 1.000. The van der Waals surface area contributed by atoms with Crippen LogP contribution in [0.2, 0.25) is 0 Å². The van der Waals surface area contributed by atoms with Gasteiger partial charge >= 0.3 is 0 Å². The van der Waals surface area contributed by atoms with E-state index in [9.17, 15) is 9.18 Å². The second-order valence-electron chi connectivity index (χ2n) is 8.17. The van der Waals surface area contributed by atoms with Crippen molar-refractivity contribution in [2.24, 2.45) is 11.3 Å². The van der Waals surface area contributed by atoms with Gasteiger partial charge in [-0.25, -0.2) is 4.39 Å². The summed E-state index contributed by atoms with van der Waals surface area (Å²) in [7, 11) is 0. The van der Waals surface area contributed by atoms with Crippen molar-refractivity contribution in [3.8, 4) is 0 Å². The minimum atomic E-state index is -0.133. The number of hydrogen-bond donors (Lipinski definition) is 0. The van der Waals surface area contributed by atoms with Gasteiger partial charge in [-0.3, -0.25) is 9.69 Å². The third-order valence-corrected chi connectivity index (χ3v) is 5.50. The lowest BCUT2D eigenvalue weighted by Crippen LogP contribution is -2.48. The molecule has 2 heterocycles. The molecule has 0 atom stereocenters. The van der Waals surface area contributed by atoms with Gasteiger partial charge in [0.2, 0.25) is 5.91 Å². The Bertz CT molecular complexity index is 579. The number of hydrogen-bond acceptors (Lipinski definition) is 2. The molecule has 0 spiro atoms. The van der Waals surface area contributed by atoms with Crippen molar-refractivity contribution in [2.75, 3.05) is 26.2 Å². The number of nitrogens with zero attached hydrogens (tertiary/aromatic N) is 2. The number of benzene rings is 1. The molecule has 2 saturated heterocycles. The summed E-state index contributed by atoms with van der Waals surface area (Å²) in [6.07, 6.45) is 4.11. The lowest BCUT2D eigenvalue weighted by atomic mass is 9.83. The van der Waals surface area contributed by atoms with Crippen LogP contribution in [0.1, 0.15) is 45.1 Å². The highest BCUT2D eigenvalue weighted by atomic mass is 19.1. The van der Waals surface area contributed by atoms with Gasteiger partial charge < -0.3 is 4.90 Å². The fourth-order valence-corrected chi connectivity index (χ4v) is 4.08. The van der Waals surface area contributed by atoms with Gasteiger partial charge in [0.25, 0.3) is 0 Å². The van der Waals surface area contributed by atoms with Crippen LogP contribution < -0.4 is 0 Å². The van der Waals surface area contributed by atoms with Crippen LogP contribution in [0.15, 0.2) is 24.3 Å². The molecule has 132 valence electrons. The molecule has 0 aliphatic carbocycles. The summed E-state index contributed by atoms with van der Waals surface area (Å²) in [4.78, 5) is 17.2. The third-order valence-electron chi connectivity index (χ3n) is 5.50. The Morgan fingerprint density at radius 1 is 1.21 bits per heavy atom. The Kier molecular flexibility index (Phi) is 5.24. The molecular weight excluding hydrogens is 303 g/mol. The monoisotopic (exact) mass is 332 g/mol. The Morgan fingerprint density at radius 3 is 2.58 bits per heavy atom. The Hall–Kier alpha value is -1.42. The highest BCUT2D eigenvalue weighted by Gasteiger charge is 2.34. The Morgan fingerprint density at radius 2 is 1.92 bits per heavy atom. The van der Waals surface area contributed by atoms with E-state index in [1.165, 1.54) is 12.5 Å². The summed E-state index contributed by atoms with van der Waals surface area (Å²) in [6.45, 7) is 8.71. The summed E-state index contributed by atoms with van der Waals surface area (Å²) >= 11 is 0. The molecule has 1 aromatic rings. The molecule has 24 heavy (non-hydrogen) atoms. The molecule has 2 aliphatic heterocycles. The maximum atomic E-state index is 13.8. The fraction of sp³-hybridized carbons (Fsp3) is 0.650. The number of carbonyl (C=O) groups is 1. The number of likely N-dealkylation sites (tertiary alicyclic amines) is 2. The van der Waals surface area contributed by atoms with Gasteiger partial charge in [0, 0.05) is 31.1 Å². The summed E-state index contributed by atoms with van der Waals surface area (Å²) in [5, 5.41) is 0. The van der Waals surface area contributed by atoms with E-state index in [1.54, 1.807) is 6.07 Å². The van der Waals surface area contributed by atoms with E-state index < -0.39 is 0 Å². The molecule has 4 heteroatoms. The van der Waals surface area contributed by atoms with Crippen molar-refractivity contribution in [1.29, 1.82) is 0 Å². The van der Waals surface area contributed by atoms with Crippen LogP contribution in [-0.2, 0) is 11.3 Å². The quantitative estimate of drug-likeness (QED) is 0.843. The summed E-state index contributed by atoms with van der Waals surface area (Å²) < 4.78 is 13.8. The van der Waals surface area contributed by atoms with Crippen LogP contribution in [0.3, 0.4) is 0 Å². The van der Waals surface area contributed by atoms with Crippen molar-refractivity contribution in [2.45, 2.75) is 46.1 Å². The minimum absolute atomic E-state index is 0.133. The van der Waals surface area contributed by atoms with Gasteiger partial charge in [0.1, 0.15) is 5.82 Å². The van der Waals surface area contributed by atoms with E-state index in [2.05, 4.69) is 23.6 Å². The fourth-order valence-electron chi connectivity index (χ4n) is 4.08. The predicted octanol–water partition coefficient (Wildman–Crippen LogP) is 3.69. The molecular formula is C20H29FN2O. The van der Waals surface area contributed by atoms with Crippen LogP contribution in [0.4, 0.5) is 4.39 Å². The van der Waals surface area contributed by atoms with E-state index in [0.29, 0.717) is 12.5 Å². The van der Waals surface area contributed by atoms with Crippen molar-refractivity contribution >= 4 is 5.91 Å². The van der Waals surface area contributed by atoms with Crippen molar-refractivity contribution in [3.05, 3.63) is 35.6 Å². The van der Waals surface area contributed by atoms with Crippen LogP contribution >= 0.6 is 0 Å². The molecule has 3 rings (SSSR count). The second-order valence-corrected chi connectivity index (χ2v) is 8.17. The normalized spacial score (nSPS) is 22.5. The molecule has 0 saturated carbocycles. The molecule has 0 radical (unpaired) electrons. The summed E-state index contributed by atoms with van der Waals surface area (Å²) in [5.74, 6) is 0.357. The molecule has 0 bridgehead atoms. The standard InChI is InChI=1S/C20H29FN2O/c1-20(2)10-5-11-23(15-20)19(24)16-8-12-22(13-9-16)14-17-6-3-4-7-18(17)21/h3-4,6-7,16H,5,8-15H2,1-2H3. The maximum absolute atomic E-state index is 13.8. The Labute approximate surface area is 144 Å². The zero-order valence-corrected chi connectivity index (χ0v) is 14.9. The van der Waals surface area contributed by atoms with E-state index in [4.69, 9.17) is 0 Å². The first-order chi connectivity index (χ1) is 11.4. The zero-order chi connectivity index (χ0) is 17.2. The first-order valence-electron chi connectivity index (χ1n) is 9.19. The topological polar surface area (TPSA) is 23.6 Å². The maximum Gasteiger partial charge on any atom is 0.225 e. The Balaban J connectivity index is 1.51. The highest BCUT2D eigenvalue weighted by Crippen LogP contribution is 2.30. The van der Waals surface area contributed by atoms with Gasteiger partial charge in [-0.2, -0.15) is 0 Å². The van der Waals surface area contributed by atoms with E-state index >= 15 is 0 Å². The molecule has 0 aromatic heterocycles. The first kappa shape index (κ1) is 17.4. The van der Waals surface area contributed by atoms with E-state index in [-0.39, 0.29) is 17.2 Å². The molecule has 0 unspecified atom stereocenters. The predicted molar refractivity (Wildman–Crippen MR) is 94.0 cm³/mol. The van der Waals surface area contributed by atoms with Gasteiger partial charge in [-0.1, -0.05) is 32.0 Å². The van der Waals surface area contributed by atoms with Crippen LogP contribution in [0.25, 0.3) is 0 Å². The molecule has 1 aromatic carbocycles. The van der Waals surface area contributed by atoms with E-state index in [0.717, 1.165) is 51.0 Å². The number of halogens is 1. The third kappa shape index (κ3) is 4.15. The van der Waals surface area contributed by atoms with Gasteiger partial charge in [-0.15, -0.1) is 0 Å². The highest BCUT2D eigenvalue weighted by molar-refractivity contribution is 5.79. The van der Waals surface area contributed by atoms with Crippen molar-refractivity contribution in [3.63, 3.8) is 0 Å². The average molecular weight is 332 g/mol. The smallest absolute Gasteiger partial charge is 0.225 e. The van der Waals surface area contributed by atoms with E-state index in [1.807, 2.05) is 12.1 Å². The van der Waals surface area contributed by atoms with Crippen molar-refractivity contribution < 1.29 is 9.18 Å². The molecule has 0 N–H and O–H groups in total. The van der Waals surface area contributed by atoms with Crippen LogP contribution in [0, 0.1) is 17.2 Å². The first-order valence-corrected chi connectivity index (χ1v) is 9.19. The second kappa shape index (κ2) is 7.22. The lowest BCUT2D eigenvalue weighted by molar-refractivity contribution is -0.140. The number of piperidine rings is 2. The van der Waals surface area contributed by atoms with Crippen LogP contribution in [-0.4, -0.2) is 41.9 Å². The number of rotatable bonds is 3. The SMILES string of the molecule is CC1(C)CCCN(C(=O)C2CCN(Cc3ccccc3F)CC2)C1. The van der Waals surface area contributed by atoms with Gasteiger partial charge in [0.05, 0.1) is 0 Å². The zero-order valence-electron chi connectivity index (χ0n) is 14.9. The number of amides is 1. The average Bonchev–Trinajstić information content (AvgIpc) is 2.56. The van der Waals surface area contributed by atoms with Gasteiger partial charge in [0.15, 0.2) is 0 Å². The van der Waals surface area contributed by atoms with Crippen molar-refractivity contribution in [1.82, 2.24) is 9.80 Å². The number of carbonyl (C=O) groups excluding carboxylic acids is 1. The molecule has 3 nitrogen and oxygen atoms in total. The lowest BCUT2D eigenvalue weighted by Gasteiger charge is -2.41. The largest absolute Gasteiger partial charge is 0.342 e. The molecule has 2 aliphatic rings.